The van der Waals surface area contributed by atoms with E-state index in [2.05, 4.69) is 17.2 Å². The van der Waals surface area contributed by atoms with E-state index in [1.165, 1.54) is 0 Å². The van der Waals surface area contributed by atoms with Crippen LogP contribution in [0, 0.1) is 0 Å². The van der Waals surface area contributed by atoms with Crippen LogP contribution in [0.2, 0.25) is 0 Å². The molecule has 0 radical (unpaired) electrons. The fourth-order valence-corrected chi connectivity index (χ4v) is 1.70. The Morgan fingerprint density at radius 3 is 2.65 bits per heavy atom. The first-order valence-electron chi connectivity index (χ1n) is 5.95. The molecule has 2 atom stereocenters. The largest absolute Gasteiger partial charge is 0.466 e. The summed E-state index contributed by atoms with van der Waals surface area (Å²) in [6, 6.07) is 4.23. The lowest BCUT2D eigenvalue weighted by molar-refractivity contribution is -0.143. The molecule has 1 aromatic rings. The maximum atomic E-state index is 11.3. The zero-order valence-corrected chi connectivity index (χ0v) is 10.6. The van der Waals surface area contributed by atoms with Crippen molar-refractivity contribution in [2.45, 2.75) is 39.3 Å². The van der Waals surface area contributed by atoms with E-state index < -0.39 is 0 Å². The summed E-state index contributed by atoms with van der Waals surface area (Å²) >= 11 is 0. The average Bonchev–Trinajstić information content (AvgIpc) is 2.30. The normalized spacial score (nSPS) is 14.1. The molecule has 0 aromatic carbocycles. The van der Waals surface area contributed by atoms with E-state index in [0.717, 1.165) is 5.56 Å². The van der Waals surface area contributed by atoms with Gasteiger partial charge in [-0.05, 0) is 38.5 Å². The zero-order valence-electron chi connectivity index (χ0n) is 10.6. The lowest BCUT2D eigenvalue weighted by Crippen LogP contribution is -2.31. The Morgan fingerprint density at radius 1 is 1.41 bits per heavy atom. The molecule has 0 aliphatic rings. The quantitative estimate of drug-likeness (QED) is 0.768. The van der Waals surface area contributed by atoms with Gasteiger partial charge < -0.3 is 10.1 Å². The number of hydrogen-bond donors (Lipinski definition) is 1. The summed E-state index contributed by atoms with van der Waals surface area (Å²) in [5.41, 5.74) is 1.16. The Bertz CT molecular complexity index is 341. The number of rotatable bonds is 6. The third kappa shape index (κ3) is 4.95. The summed E-state index contributed by atoms with van der Waals surface area (Å²) in [7, 11) is 0. The second kappa shape index (κ2) is 7.01. The Balaban J connectivity index is 2.41. The van der Waals surface area contributed by atoms with Gasteiger partial charge in [0.05, 0.1) is 13.0 Å². The minimum atomic E-state index is -0.158. The number of esters is 1. The van der Waals surface area contributed by atoms with Crippen molar-refractivity contribution < 1.29 is 9.53 Å². The van der Waals surface area contributed by atoms with Crippen LogP contribution in [0.5, 0.6) is 0 Å². The standard InChI is InChI=1S/C13H20N2O2/c1-4-17-13(16)9-10(2)15-11(3)12-5-7-14-8-6-12/h5-8,10-11,15H,4,9H2,1-3H3. The van der Waals surface area contributed by atoms with Gasteiger partial charge in [-0.1, -0.05) is 0 Å². The van der Waals surface area contributed by atoms with Gasteiger partial charge in [-0.2, -0.15) is 0 Å². The predicted octanol–water partition coefficient (Wildman–Crippen LogP) is 2.07. The van der Waals surface area contributed by atoms with Crippen LogP contribution in [0.1, 0.15) is 38.8 Å². The molecule has 0 saturated heterocycles. The molecule has 17 heavy (non-hydrogen) atoms. The number of pyridine rings is 1. The van der Waals surface area contributed by atoms with Gasteiger partial charge in [-0.3, -0.25) is 9.78 Å². The highest BCUT2D eigenvalue weighted by molar-refractivity contribution is 5.70. The van der Waals surface area contributed by atoms with Crippen LogP contribution in [0.25, 0.3) is 0 Å². The van der Waals surface area contributed by atoms with Crippen LogP contribution in [-0.2, 0) is 9.53 Å². The Kier molecular flexibility index (Phi) is 5.63. The van der Waals surface area contributed by atoms with E-state index in [-0.39, 0.29) is 18.1 Å². The van der Waals surface area contributed by atoms with E-state index in [1.54, 1.807) is 12.4 Å². The lowest BCUT2D eigenvalue weighted by atomic mass is 10.1. The van der Waals surface area contributed by atoms with Gasteiger partial charge in [0.15, 0.2) is 0 Å². The first kappa shape index (κ1) is 13.6. The number of hydrogen-bond acceptors (Lipinski definition) is 4. The minimum Gasteiger partial charge on any atom is -0.466 e. The molecular formula is C13H20N2O2. The molecule has 0 spiro atoms. The first-order chi connectivity index (χ1) is 8.13. The van der Waals surface area contributed by atoms with E-state index >= 15 is 0 Å². The monoisotopic (exact) mass is 236 g/mol. The van der Waals surface area contributed by atoms with Crippen molar-refractivity contribution in [3.63, 3.8) is 0 Å². The van der Waals surface area contributed by atoms with Crippen molar-refractivity contribution in [2.24, 2.45) is 0 Å². The van der Waals surface area contributed by atoms with Gasteiger partial charge in [0.2, 0.25) is 0 Å². The van der Waals surface area contributed by atoms with Gasteiger partial charge in [-0.25, -0.2) is 0 Å². The Morgan fingerprint density at radius 2 is 2.06 bits per heavy atom. The van der Waals surface area contributed by atoms with E-state index in [1.807, 2.05) is 26.0 Å². The maximum absolute atomic E-state index is 11.3. The van der Waals surface area contributed by atoms with Crippen molar-refractivity contribution in [3.8, 4) is 0 Å². The summed E-state index contributed by atoms with van der Waals surface area (Å²) in [6.45, 7) is 6.30. The maximum Gasteiger partial charge on any atom is 0.307 e. The molecule has 1 N–H and O–H groups in total. The number of carbonyl (C=O) groups is 1. The van der Waals surface area contributed by atoms with Crippen LogP contribution in [0.15, 0.2) is 24.5 Å². The molecule has 0 aliphatic heterocycles. The fourth-order valence-electron chi connectivity index (χ4n) is 1.70. The van der Waals surface area contributed by atoms with E-state index in [4.69, 9.17) is 4.74 Å². The summed E-state index contributed by atoms with van der Waals surface area (Å²) in [6.07, 6.45) is 3.93. The van der Waals surface area contributed by atoms with Crippen molar-refractivity contribution in [3.05, 3.63) is 30.1 Å². The zero-order chi connectivity index (χ0) is 12.7. The van der Waals surface area contributed by atoms with Crippen molar-refractivity contribution in [1.82, 2.24) is 10.3 Å². The van der Waals surface area contributed by atoms with Gasteiger partial charge in [0.1, 0.15) is 0 Å². The van der Waals surface area contributed by atoms with Crippen LogP contribution in [0.4, 0.5) is 0 Å². The van der Waals surface area contributed by atoms with Gasteiger partial charge in [0, 0.05) is 24.5 Å². The average molecular weight is 236 g/mol. The van der Waals surface area contributed by atoms with Crippen molar-refractivity contribution >= 4 is 5.97 Å². The molecule has 94 valence electrons. The molecule has 0 aliphatic carbocycles. The molecule has 4 nitrogen and oxygen atoms in total. The molecule has 1 rings (SSSR count). The number of carbonyl (C=O) groups excluding carboxylic acids is 1. The molecule has 0 bridgehead atoms. The molecule has 0 amide bonds. The highest BCUT2D eigenvalue weighted by Crippen LogP contribution is 2.12. The van der Waals surface area contributed by atoms with Crippen LogP contribution >= 0.6 is 0 Å². The van der Waals surface area contributed by atoms with Gasteiger partial charge >= 0.3 is 5.97 Å². The van der Waals surface area contributed by atoms with Crippen LogP contribution in [0.3, 0.4) is 0 Å². The minimum absolute atomic E-state index is 0.0946. The Hall–Kier alpha value is -1.42. The summed E-state index contributed by atoms with van der Waals surface area (Å²) in [5, 5.41) is 3.36. The van der Waals surface area contributed by atoms with E-state index in [9.17, 15) is 4.79 Å². The van der Waals surface area contributed by atoms with Crippen molar-refractivity contribution in [2.75, 3.05) is 6.61 Å². The SMILES string of the molecule is CCOC(=O)CC(C)NC(C)c1ccncc1. The first-order valence-corrected chi connectivity index (χ1v) is 5.95. The van der Waals surface area contributed by atoms with E-state index in [0.29, 0.717) is 13.0 Å². The topological polar surface area (TPSA) is 51.2 Å². The van der Waals surface area contributed by atoms with Crippen molar-refractivity contribution in [1.29, 1.82) is 0 Å². The lowest BCUT2D eigenvalue weighted by Gasteiger charge is -2.19. The predicted molar refractivity (Wildman–Crippen MR) is 66.5 cm³/mol. The van der Waals surface area contributed by atoms with Gasteiger partial charge in [-0.15, -0.1) is 0 Å². The fraction of sp³-hybridized carbons (Fsp3) is 0.538. The van der Waals surface area contributed by atoms with Crippen LogP contribution in [-0.4, -0.2) is 23.6 Å². The smallest absolute Gasteiger partial charge is 0.307 e. The highest BCUT2D eigenvalue weighted by Gasteiger charge is 2.13. The summed E-state index contributed by atoms with van der Waals surface area (Å²) < 4.78 is 4.91. The molecule has 0 saturated carbocycles. The molecular weight excluding hydrogens is 216 g/mol. The molecule has 4 heteroatoms. The third-order valence-electron chi connectivity index (χ3n) is 2.52. The highest BCUT2D eigenvalue weighted by atomic mass is 16.5. The number of ether oxygens (including phenoxy) is 1. The van der Waals surface area contributed by atoms with Gasteiger partial charge in [0.25, 0.3) is 0 Å². The molecule has 2 unspecified atom stereocenters. The second-order valence-electron chi connectivity index (χ2n) is 4.08. The summed E-state index contributed by atoms with van der Waals surface area (Å²) in [5.74, 6) is -0.158. The van der Waals surface area contributed by atoms with Crippen LogP contribution < -0.4 is 5.32 Å². The number of nitrogens with one attached hydrogen (secondary N) is 1. The molecule has 1 heterocycles. The molecule has 1 aromatic heterocycles. The number of aromatic nitrogens is 1. The number of nitrogens with zero attached hydrogens (tertiary/aromatic N) is 1. The Labute approximate surface area is 102 Å². The third-order valence-corrected chi connectivity index (χ3v) is 2.52. The summed E-state index contributed by atoms with van der Waals surface area (Å²) in [4.78, 5) is 15.3. The second-order valence-corrected chi connectivity index (χ2v) is 4.08. The molecule has 0 fully saturated rings.